The van der Waals surface area contributed by atoms with Crippen LogP contribution in [0.2, 0.25) is 0 Å². The maximum atomic E-state index is 5.54. The minimum atomic E-state index is 0.533. The number of piperidine rings is 1. The van der Waals surface area contributed by atoms with Crippen LogP contribution in [0, 0.1) is 4.77 Å². The Balaban J connectivity index is 1.88. The van der Waals surface area contributed by atoms with Crippen LogP contribution in [0.25, 0.3) is 11.0 Å². The molecule has 1 aliphatic heterocycles. The lowest BCUT2D eigenvalue weighted by molar-refractivity contribution is 0.188. The highest BCUT2D eigenvalue weighted by molar-refractivity contribution is 9.10. The number of fused-ring (bicyclic) bond motifs is 1. The van der Waals surface area contributed by atoms with Crippen molar-refractivity contribution in [2.24, 2.45) is 0 Å². The van der Waals surface area contributed by atoms with Crippen LogP contribution in [0.4, 0.5) is 0 Å². The molecule has 3 rings (SSSR count). The molecule has 0 amide bonds. The van der Waals surface area contributed by atoms with Gasteiger partial charge in [-0.25, -0.2) is 0 Å². The molecule has 0 spiro atoms. The molecule has 0 aliphatic carbocycles. The van der Waals surface area contributed by atoms with Crippen molar-refractivity contribution in [3.8, 4) is 0 Å². The lowest BCUT2D eigenvalue weighted by Crippen LogP contribution is -2.35. The zero-order valence-corrected chi connectivity index (χ0v) is 14.1. The number of benzene rings is 1. The Hall–Kier alpha value is -0.650. The number of rotatable bonds is 3. The van der Waals surface area contributed by atoms with Gasteiger partial charge in [-0.2, -0.15) is 0 Å². The molecule has 1 aromatic carbocycles. The van der Waals surface area contributed by atoms with E-state index in [0.29, 0.717) is 6.04 Å². The summed E-state index contributed by atoms with van der Waals surface area (Å²) >= 11 is 9.05. The second kappa shape index (κ2) is 6.00. The standard InChI is InChI=1S/C15H20BrN3S/c1-2-7-18-8-5-12(6-9-18)19-14-4-3-11(16)10-13(14)17-15(19)20/h3-4,10,12H,2,5-9H2,1H3,(H,17,20). The zero-order valence-electron chi connectivity index (χ0n) is 11.7. The van der Waals surface area contributed by atoms with Crippen molar-refractivity contribution in [2.45, 2.75) is 32.2 Å². The van der Waals surface area contributed by atoms with E-state index in [2.05, 4.69) is 55.5 Å². The Morgan fingerprint density at radius 3 is 2.80 bits per heavy atom. The molecule has 20 heavy (non-hydrogen) atoms. The molecule has 0 unspecified atom stereocenters. The fourth-order valence-corrected chi connectivity index (χ4v) is 3.90. The molecule has 0 atom stereocenters. The first kappa shape index (κ1) is 14.3. The molecular formula is C15H20BrN3S. The lowest BCUT2D eigenvalue weighted by atomic mass is 10.0. The smallest absolute Gasteiger partial charge is 0.178 e. The maximum Gasteiger partial charge on any atom is 0.178 e. The van der Waals surface area contributed by atoms with E-state index in [1.807, 2.05) is 0 Å². The summed E-state index contributed by atoms with van der Waals surface area (Å²) < 4.78 is 4.26. The van der Waals surface area contributed by atoms with Crippen LogP contribution in [-0.4, -0.2) is 34.1 Å². The summed E-state index contributed by atoms with van der Waals surface area (Å²) in [6.45, 7) is 5.84. The summed E-state index contributed by atoms with van der Waals surface area (Å²) in [7, 11) is 0. The first-order chi connectivity index (χ1) is 9.69. The summed E-state index contributed by atoms with van der Waals surface area (Å²) in [5.41, 5.74) is 2.35. The number of nitrogens with zero attached hydrogens (tertiary/aromatic N) is 2. The molecular weight excluding hydrogens is 334 g/mol. The van der Waals surface area contributed by atoms with Crippen molar-refractivity contribution in [1.29, 1.82) is 0 Å². The summed E-state index contributed by atoms with van der Waals surface area (Å²) in [5, 5.41) is 0. The minimum absolute atomic E-state index is 0.533. The number of H-pyrrole nitrogens is 1. The van der Waals surface area contributed by atoms with E-state index in [1.165, 1.54) is 44.4 Å². The minimum Gasteiger partial charge on any atom is -0.331 e. The number of aromatic amines is 1. The predicted octanol–water partition coefficient (Wildman–Crippen LogP) is 4.51. The van der Waals surface area contributed by atoms with Gasteiger partial charge in [0.25, 0.3) is 0 Å². The van der Waals surface area contributed by atoms with Crippen LogP contribution in [0.15, 0.2) is 22.7 Å². The van der Waals surface area contributed by atoms with Gasteiger partial charge in [-0.1, -0.05) is 22.9 Å². The first-order valence-corrected chi connectivity index (χ1v) is 8.51. The number of hydrogen-bond acceptors (Lipinski definition) is 2. The number of likely N-dealkylation sites (tertiary alicyclic amines) is 1. The van der Waals surface area contributed by atoms with E-state index in [0.717, 1.165) is 14.8 Å². The molecule has 2 aromatic rings. The SMILES string of the molecule is CCCN1CCC(n2c(=S)[nH]c3cc(Br)ccc32)CC1. The van der Waals surface area contributed by atoms with Crippen LogP contribution in [0.5, 0.6) is 0 Å². The second-order valence-corrected chi connectivity index (χ2v) is 6.84. The normalized spacial score (nSPS) is 17.9. The molecule has 0 bridgehead atoms. The summed E-state index contributed by atoms with van der Waals surface area (Å²) in [6.07, 6.45) is 3.62. The topological polar surface area (TPSA) is 24.0 Å². The van der Waals surface area contributed by atoms with Crippen LogP contribution in [0.1, 0.15) is 32.2 Å². The highest BCUT2D eigenvalue weighted by atomic mass is 79.9. The van der Waals surface area contributed by atoms with Crippen molar-refractivity contribution >= 4 is 39.2 Å². The number of hydrogen-bond donors (Lipinski definition) is 1. The molecule has 108 valence electrons. The van der Waals surface area contributed by atoms with Crippen molar-refractivity contribution in [2.75, 3.05) is 19.6 Å². The second-order valence-electron chi connectivity index (χ2n) is 5.53. The van der Waals surface area contributed by atoms with Gasteiger partial charge in [0, 0.05) is 23.6 Å². The van der Waals surface area contributed by atoms with E-state index in [4.69, 9.17) is 12.2 Å². The Kier molecular flexibility index (Phi) is 4.29. The van der Waals surface area contributed by atoms with Gasteiger partial charge in [0.05, 0.1) is 11.0 Å². The van der Waals surface area contributed by atoms with Gasteiger partial charge >= 0.3 is 0 Å². The van der Waals surface area contributed by atoms with Crippen molar-refractivity contribution in [3.63, 3.8) is 0 Å². The van der Waals surface area contributed by atoms with Gasteiger partial charge in [0.2, 0.25) is 0 Å². The third-order valence-electron chi connectivity index (χ3n) is 4.14. The Labute approximate surface area is 133 Å². The molecule has 2 heterocycles. The summed E-state index contributed by atoms with van der Waals surface area (Å²) in [6, 6.07) is 6.89. The predicted molar refractivity (Wildman–Crippen MR) is 89.8 cm³/mol. The largest absolute Gasteiger partial charge is 0.331 e. The fraction of sp³-hybridized carbons (Fsp3) is 0.533. The number of nitrogens with one attached hydrogen (secondary N) is 1. The van der Waals surface area contributed by atoms with E-state index in [9.17, 15) is 0 Å². The molecule has 1 saturated heterocycles. The molecule has 1 N–H and O–H groups in total. The third kappa shape index (κ3) is 2.71. The summed E-state index contributed by atoms with van der Waals surface area (Å²) in [5.74, 6) is 0. The van der Waals surface area contributed by atoms with Crippen LogP contribution in [-0.2, 0) is 0 Å². The van der Waals surface area contributed by atoms with E-state index in [1.54, 1.807) is 0 Å². The molecule has 0 saturated carbocycles. The van der Waals surface area contributed by atoms with Crippen LogP contribution < -0.4 is 0 Å². The van der Waals surface area contributed by atoms with Crippen molar-refractivity contribution in [1.82, 2.24) is 14.5 Å². The average Bonchev–Trinajstić information content (AvgIpc) is 2.75. The quantitative estimate of drug-likeness (QED) is 0.820. The molecule has 1 fully saturated rings. The van der Waals surface area contributed by atoms with Gasteiger partial charge in [-0.15, -0.1) is 0 Å². The maximum absolute atomic E-state index is 5.54. The van der Waals surface area contributed by atoms with Gasteiger partial charge in [-0.05, 0) is 56.2 Å². The van der Waals surface area contributed by atoms with Crippen molar-refractivity contribution < 1.29 is 0 Å². The Bertz CT molecular complexity index is 653. The van der Waals surface area contributed by atoms with E-state index < -0.39 is 0 Å². The number of aromatic nitrogens is 2. The Morgan fingerprint density at radius 2 is 2.10 bits per heavy atom. The molecule has 1 aromatic heterocycles. The van der Waals surface area contributed by atoms with E-state index >= 15 is 0 Å². The number of imidazole rings is 1. The molecule has 3 nitrogen and oxygen atoms in total. The van der Waals surface area contributed by atoms with E-state index in [-0.39, 0.29) is 0 Å². The highest BCUT2D eigenvalue weighted by Crippen LogP contribution is 2.28. The highest BCUT2D eigenvalue weighted by Gasteiger charge is 2.22. The third-order valence-corrected chi connectivity index (χ3v) is 4.93. The van der Waals surface area contributed by atoms with Gasteiger partial charge in [0.15, 0.2) is 4.77 Å². The molecule has 1 aliphatic rings. The monoisotopic (exact) mass is 353 g/mol. The van der Waals surface area contributed by atoms with Gasteiger partial charge in [-0.3, -0.25) is 0 Å². The fourth-order valence-electron chi connectivity index (χ4n) is 3.18. The van der Waals surface area contributed by atoms with Crippen LogP contribution >= 0.6 is 28.1 Å². The summed E-state index contributed by atoms with van der Waals surface area (Å²) in [4.78, 5) is 5.90. The van der Waals surface area contributed by atoms with Crippen molar-refractivity contribution in [3.05, 3.63) is 27.4 Å². The average molecular weight is 354 g/mol. The Morgan fingerprint density at radius 1 is 1.35 bits per heavy atom. The van der Waals surface area contributed by atoms with Gasteiger partial charge < -0.3 is 14.5 Å². The molecule has 5 heteroatoms. The number of halogens is 1. The molecule has 0 radical (unpaired) electrons. The zero-order chi connectivity index (χ0) is 14.1. The van der Waals surface area contributed by atoms with Gasteiger partial charge in [0.1, 0.15) is 0 Å². The van der Waals surface area contributed by atoms with Crippen LogP contribution in [0.3, 0.4) is 0 Å². The lowest BCUT2D eigenvalue weighted by Gasteiger charge is -2.32. The first-order valence-electron chi connectivity index (χ1n) is 7.31.